The van der Waals surface area contributed by atoms with E-state index in [4.69, 9.17) is 4.74 Å². The highest BCUT2D eigenvalue weighted by atomic mass is 32.2. The maximum atomic E-state index is 14.2. The summed E-state index contributed by atoms with van der Waals surface area (Å²) in [6.07, 6.45) is 3.09. The Labute approximate surface area is 342 Å². The van der Waals surface area contributed by atoms with E-state index < -0.39 is 94.4 Å². The minimum absolute atomic E-state index is 0.0470. The number of esters is 1. The predicted octanol–water partition coefficient (Wildman–Crippen LogP) is 2.30. The fourth-order valence-electron chi connectivity index (χ4n) is 7.11. The molecule has 18 nitrogen and oxygen atoms in total. The predicted molar refractivity (Wildman–Crippen MR) is 211 cm³/mol. The molecule has 3 aromatic rings. The number of rotatable bonds is 17. The lowest BCUT2D eigenvalue weighted by atomic mass is 9.93. The molecule has 312 valence electrons. The second kappa shape index (κ2) is 19.4. The Kier molecular flexibility index (Phi) is 14.4. The van der Waals surface area contributed by atoms with Gasteiger partial charge in [-0.05, 0) is 67.1 Å². The highest BCUT2D eigenvalue weighted by molar-refractivity contribution is 7.99. The number of thioether (sulfide) groups is 1. The van der Waals surface area contributed by atoms with Gasteiger partial charge in [-0.2, -0.15) is 0 Å². The van der Waals surface area contributed by atoms with Gasteiger partial charge in [-0.25, -0.2) is 4.79 Å². The molecule has 0 spiro atoms. The Morgan fingerprint density at radius 3 is 2.31 bits per heavy atom. The van der Waals surface area contributed by atoms with Gasteiger partial charge in [0.1, 0.15) is 23.7 Å². The first-order valence-corrected chi connectivity index (χ1v) is 19.9. The fraction of sp³-hybridized carbons (Fsp3) is 0.400. The first-order valence-electron chi connectivity index (χ1n) is 18.7. The average molecular weight is 833 g/mol. The SMILES string of the molecule is Cc1cccc(C)c1C(=O)OCC(=O)[C@H](CC(=O)O)NC(=O)C1(NC(=O)[C@H](Cc2ccncc2)NC(=O)[C@@H]2CSCN2C(=O)Cc2ccc(O)c([N+](=O)[O-])c2)CCCC1. The van der Waals surface area contributed by atoms with Crippen molar-refractivity contribution in [2.75, 3.05) is 18.2 Å². The van der Waals surface area contributed by atoms with Crippen LogP contribution in [0.1, 0.15) is 64.7 Å². The van der Waals surface area contributed by atoms with E-state index in [0.29, 0.717) is 29.5 Å². The van der Waals surface area contributed by atoms with Crippen LogP contribution in [0.3, 0.4) is 0 Å². The van der Waals surface area contributed by atoms with E-state index in [0.717, 1.165) is 12.1 Å². The van der Waals surface area contributed by atoms with Crippen molar-refractivity contribution in [2.24, 2.45) is 0 Å². The second-order valence-corrected chi connectivity index (χ2v) is 15.5. The number of hydrogen-bond acceptors (Lipinski definition) is 13. The second-order valence-electron chi connectivity index (χ2n) is 14.5. The molecule has 59 heavy (non-hydrogen) atoms. The number of Topliss-reactive ketones (excluding diaryl/α,β-unsaturated/α-hetero) is 1. The van der Waals surface area contributed by atoms with Gasteiger partial charge in [-0.1, -0.05) is 37.1 Å². The third-order valence-corrected chi connectivity index (χ3v) is 11.3. The number of ketones is 1. The van der Waals surface area contributed by atoms with Gasteiger partial charge < -0.3 is 35.8 Å². The number of carboxylic acid groups (broad SMARTS) is 1. The Bertz CT molecular complexity index is 2110. The van der Waals surface area contributed by atoms with E-state index in [1.807, 2.05) is 0 Å². The molecule has 2 fully saturated rings. The Morgan fingerprint density at radius 1 is 0.983 bits per heavy atom. The normalized spacial score (nSPS) is 16.6. The Morgan fingerprint density at radius 2 is 1.66 bits per heavy atom. The number of carboxylic acids is 1. The molecule has 1 aliphatic heterocycles. The van der Waals surface area contributed by atoms with E-state index in [2.05, 4.69) is 20.9 Å². The van der Waals surface area contributed by atoms with Crippen molar-refractivity contribution in [2.45, 2.75) is 82.5 Å². The van der Waals surface area contributed by atoms with Crippen molar-refractivity contribution in [1.82, 2.24) is 25.8 Å². The van der Waals surface area contributed by atoms with Gasteiger partial charge in [0.15, 0.2) is 18.1 Å². The van der Waals surface area contributed by atoms with Gasteiger partial charge in [0.2, 0.25) is 23.6 Å². The zero-order chi connectivity index (χ0) is 42.9. The number of nitro benzene ring substituents is 1. The third-order valence-electron chi connectivity index (χ3n) is 10.3. The minimum Gasteiger partial charge on any atom is -0.502 e. The summed E-state index contributed by atoms with van der Waals surface area (Å²) in [7, 11) is 0. The van der Waals surface area contributed by atoms with Gasteiger partial charge in [-0.15, -0.1) is 11.8 Å². The summed E-state index contributed by atoms with van der Waals surface area (Å²) < 4.78 is 5.24. The lowest BCUT2D eigenvalue weighted by molar-refractivity contribution is -0.385. The molecular formula is C40H44N6O12S. The molecule has 3 atom stereocenters. The van der Waals surface area contributed by atoms with Crippen LogP contribution in [0.2, 0.25) is 0 Å². The van der Waals surface area contributed by atoms with Crippen molar-refractivity contribution in [3.63, 3.8) is 0 Å². The molecule has 5 rings (SSSR count). The number of aromatic nitrogens is 1. The number of benzene rings is 2. The summed E-state index contributed by atoms with van der Waals surface area (Å²) in [6, 6.07) is 8.07. The third kappa shape index (κ3) is 11.0. The molecule has 1 saturated carbocycles. The van der Waals surface area contributed by atoms with Crippen LogP contribution in [0.25, 0.3) is 0 Å². The van der Waals surface area contributed by atoms with E-state index in [1.165, 1.54) is 35.1 Å². The van der Waals surface area contributed by atoms with Crippen molar-refractivity contribution >= 4 is 58.8 Å². The summed E-state index contributed by atoms with van der Waals surface area (Å²) >= 11 is 1.29. The molecule has 1 aromatic heterocycles. The number of phenols is 1. The van der Waals surface area contributed by atoms with E-state index in [1.54, 1.807) is 44.2 Å². The summed E-state index contributed by atoms with van der Waals surface area (Å²) in [5, 5.41) is 38.7. The number of aromatic hydroxyl groups is 1. The number of nitrogens with one attached hydrogen (secondary N) is 3. The largest absolute Gasteiger partial charge is 0.502 e. The number of aryl methyl sites for hydroxylation is 2. The topological polar surface area (TPSA) is 265 Å². The highest BCUT2D eigenvalue weighted by Gasteiger charge is 2.46. The zero-order valence-corrected chi connectivity index (χ0v) is 33.1. The number of amides is 4. The number of hydrogen-bond donors (Lipinski definition) is 5. The molecular weight excluding hydrogens is 789 g/mol. The lowest BCUT2D eigenvalue weighted by Gasteiger charge is -2.33. The minimum atomic E-state index is -1.61. The summed E-state index contributed by atoms with van der Waals surface area (Å²) in [4.78, 5) is 109. The van der Waals surface area contributed by atoms with Crippen molar-refractivity contribution < 1.29 is 53.4 Å². The van der Waals surface area contributed by atoms with Crippen LogP contribution in [0, 0.1) is 24.0 Å². The number of pyridine rings is 1. The number of carbonyl (C=O) groups excluding carboxylic acids is 6. The first-order chi connectivity index (χ1) is 28.1. The monoisotopic (exact) mass is 832 g/mol. The van der Waals surface area contributed by atoms with Gasteiger partial charge in [0.25, 0.3) is 0 Å². The van der Waals surface area contributed by atoms with Crippen molar-refractivity contribution in [3.8, 4) is 5.75 Å². The van der Waals surface area contributed by atoms with Gasteiger partial charge in [-0.3, -0.25) is 43.9 Å². The zero-order valence-electron chi connectivity index (χ0n) is 32.3. The van der Waals surface area contributed by atoms with E-state index in [-0.39, 0.29) is 48.4 Å². The van der Waals surface area contributed by atoms with Crippen LogP contribution in [0.15, 0.2) is 60.9 Å². The van der Waals surface area contributed by atoms with Crippen LogP contribution < -0.4 is 16.0 Å². The van der Waals surface area contributed by atoms with Crippen LogP contribution in [-0.4, -0.2) is 108 Å². The molecule has 2 aliphatic rings. The molecule has 0 unspecified atom stereocenters. The molecule has 2 aromatic carbocycles. The van der Waals surface area contributed by atoms with Crippen LogP contribution >= 0.6 is 11.8 Å². The van der Waals surface area contributed by atoms with Crippen LogP contribution in [0.5, 0.6) is 5.75 Å². The van der Waals surface area contributed by atoms with Gasteiger partial charge >= 0.3 is 17.6 Å². The van der Waals surface area contributed by atoms with E-state index >= 15 is 0 Å². The van der Waals surface area contributed by atoms with Gasteiger partial charge in [0.05, 0.1) is 29.2 Å². The summed E-state index contributed by atoms with van der Waals surface area (Å²) in [6.45, 7) is 2.58. The molecule has 0 radical (unpaired) electrons. The lowest BCUT2D eigenvalue weighted by Crippen LogP contribution is -2.64. The fourth-order valence-corrected chi connectivity index (χ4v) is 8.29. The van der Waals surface area contributed by atoms with Gasteiger partial charge in [0, 0.05) is 30.6 Å². The maximum absolute atomic E-state index is 14.2. The Balaban J connectivity index is 1.30. The summed E-state index contributed by atoms with van der Waals surface area (Å²) in [5.74, 6) is -6.08. The van der Waals surface area contributed by atoms with Crippen molar-refractivity contribution in [1.29, 1.82) is 0 Å². The van der Waals surface area contributed by atoms with Crippen LogP contribution in [-0.2, 0) is 46.3 Å². The quantitative estimate of drug-likeness (QED) is 0.0743. The number of carbonyl (C=O) groups is 7. The number of nitrogens with zero attached hydrogens (tertiary/aromatic N) is 3. The molecule has 0 bridgehead atoms. The van der Waals surface area contributed by atoms with Crippen molar-refractivity contribution in [3.05, 3.63) is 98.9 Å². The number of nitro groups is 1. The molecule has 2 heterocycles. The number of aliphatic carboxylic acids is 1. The number of ether oxygens (including phenoxy) is 1. The van der Waals surface area contributed by atoms with Crippen LogP contribution in [0.4, 0.5) is 5.69 Å². The molecule has 1 aliphatic carbocycles. The standard InChI is InChI=1S/C40H44N6O12S/c1-23-6-5-7-24(2)35(23)38(54)58-20-32(48)27(19-34(50)51)43-39(55)40(12-3-4-13-40)44-36(52)28(16-25-10-14-41-15-11-25)42-37(53)30-21-59-22-45(30)33(49)18-26-8-9-31(47)29(17-26)46(56)57/h5-11,14-15,17,27-28,30,47H,3-4,12-13,16,18-22H2,1-2H3,(H,42,53)(H,43,55)(H,44,52)(H,50,51)/t27-,28-,30-/m0/s1. The molecule has 5 N–H and O–H groups in total. The highest BCUT2D eigenvalue weighted by Crippen LogP contribution is 2.31. The smallest absolute Gasteiger partial charge is 0.339 e. The first kappa shape index (κ1) is 43.7. The molecule has 1 saturated heterocycles. The number of phenolic OH excluding ortho intramolecular Hbond substituents is 1. The molecule has 19 heteroatoms. The average Bonchev–Trinajstić information content (AvgIpc) is 3.89. The molecule has 4 amide bonds. The van der Waals surface area contributed by atoms with E-state index in [9.17, 15) is 53.9 Å². The Hall–Kier alpha value is -6.37. The summed E-state index contributed by atoms with van der Waals surface area (Å²) in [5.41, 5.74) is 0.174. The maximum Gasteiger partial charge on any atom is 0.339 e.